The Kier molecular flexibility index (Phi) is 3.01. The van der Waals surface area contributed by atoms with E-state index in [-0.39, 0.29) is 27.2 Å². The van der Waals surface area contributed by atoms with Gasteiger partial charge in [-0.25, -0.2) is 8.78 Å². The Morgan fingerprint density at radius 2 is 2.12 bits per heavy atom. The van der Waals surface area contributed by atoms with Gasteiger partial charge in [-0.05, 0) is 22.0 Å². The Morgan fingerprint density at radius 3 is 2.65 bits per heavy atom. The van der Waals surface area contributed by atoms with E-state index in [2.05, 4.69) is 25.6 Å². The number of methoxy groups -OCH3 is 1. The summed E-state index contributed by atoms with van der Waals surface area (Å²) in [6, 6.07) is 1.09. The highest BCUT2D eigenvalue weighted by atomic mass is 79.9. The molecule has 1 aromatic carbocycles. The smallest absolute Gasteiger partial charge is 0.230 e. The van der Waals surface area contributed by atoms with Crippen LogP contribution >= 0.6 is 15.9 Å². The summed E-state index contributed by atoms with van der Waals surface area (Å²) >= 11 is 2.79. The van der Waals surface area contributed by atoms with Crippen molar-refractivity contribution in [2.75, 3.05) is 12.8 Å². The second-order valence-corrected chi connectivity index (χ2v) is 3.96. The first-order valence-electron chi connectivity index (χ1n) is 4.48. The molecular weight excluding hydrogens is 298 g/mol. The van der Waals surface area contributed by atoms with Crippen LogP contribution in [0.15, 0.2) is 21.3 Å². The van der Waals surface area contributed by atoms with Crippen molar-refractivity contribution in [1.29, 1.82) is 0 Å². The third kappa shape index (κ3) is 1.86. The summed E-state index contributed by atoms with van der Waals surface area (Å²) in [6.45, 7) is 0. The van der Waals surface area contributed by atoms with Gasteiger partial charge < -0.3 is 15.0 Å². The van der Waals surface area contributed by atoms with E-state index >= 15 is 0 Å². The second-order valence-electron chi connectivity index (χ2n) is 3.17. The van der Waals surface area contributed by atoms with Gasteiger partial charge in [-0.15, -0.1) is 0 Å². The standard InChI is InChI=1S/C10H7BrF2N2O2/c1-16-9-4(5-3-15-17-10(5)14)2-6(12)7(11)8(9)13/h2-3H,14H2,1H3. The second kappa shape index (κ2) is 4.33. The summed E-state index contributed by atoms with van der Waals surface area (Å²) in [5.74, 6) is -1.78. The number of ether oxygens (including phenoxy) is 1. The van der Waals surface area contributed by atoms with Gasteiger partial charge in [0.2, 0.25) is 5.88 Å². The van der Waals surface area contributed by atoms with Gasteiger partial charge >= 0.3 is 0 Å². The molecule has 1 heterocycles. The summed E-state index contributed by atoms with van der Waals surface area (Å²) in [7, 11) is 1.27. The van der Waals surface area contributed by atoms with Crippen LogP contribution in [0.5, 0.6) is 5.75 Å². The van der Waals surface area contributed by atoms with Crippen LogP contribution in [0.25, 0.3) is 11.1 Å². The lowest BCUT2D eigenvalue weighted by molar-refractivity contribution is 0.384. The van der Waals surface area contributed by atoms with E-state index in [1.165, 1.54) is 13.3 Å². The zero-order valence-corrected chi connectivity index (χ0v) is 10.2. The number of hydrogen-bond acceptors (Lipinski definition) is 4. The van der Waals surface area contributed by atoms with Crippen molar-refractivity contribution in [2.24, 2.45) is 0 Å². The molecule has 0 aliphatic rings. The fourth-order valence-corrected chi connectivity index (χ4v) is 1.72. The molecule has 0 amide bonds. The first-order chi connectivity index (χ1) is 8.06. The molecule has 0 atom stereocenters. The average Bonchev–Trinajstić information content (AvgIpc) is 2.72. The van der Waals surface area contributed by atoms with Crippen molar-refractivity contribution < 1.29 is 18.0 Å². The van der Waals surface area contributed by atoms with Crippen molar-refractivity contribution in [3.63, 3.8) is 0 Å². The summed E-state index contributed by atoms with van der Waals surface area (Å²) in [4.78, 5) is 0. The lowest BCUT2D eigenvalue weighted by atomic mass is 10.1. The quantitative estimate of drug-likeness (QED) is 0.867. The van der Waals surface area contributed by atoms with E-state index in [0.29, 0.717) is 0 Å². The molecule has 17 heavy (non-hydrogen) atoms. The molecule has 2 N–H and O–H groups in total. The third-order valence-corrected chi connectivity index (χ3v) is 2.94. The lowest BCUT2D eigenvalue weighted by Gasteiger charge is -2.10. The summed E-state index contributed by atoms with van der Waals surface area (Å²) in [5, 5.41) is 3.44. The van der Waals surface area contributed by atoms with Gasteiger partial charge in [0.25, 0.3) is 0 Å². The lowest BCUT2D eigenvalue weighted by Crippen LogP contribution is -1.97. The molecule has 0 fully saturated rings. The number of halogens is 3. The Morgan fingerprint density at radius 1 is 1.41 bits per heavy atom. The third-order valence-electron chi connectivity index (χ3n) is 2.21. The number of anilines is 1. The Balaban J connectivity index is 2.74. The van der Waals surface area contributed by atoms with E-state index in [0.717, 1.165) is 6.07 Å². The van der Waals surface area contributed by atoms with Crippen LogP contribution < -0.4 is 10.5 Å². The topological polar surface area (TPSA) is 61.3 Å². The largest absolute Gasteiger partial charge is 0.493 e. The van der Waals surface area contributed by atoms with Gasteiger partial charge in [0.1, 0.15) is 5.82 Å². The minimum absolute atomic E-state index is 0.0376. The number of nitrogens with zero attached hydrogens (tertiary/aromatic N) is 1. The highest BCUT2D eigenvalue weighted by molar-refractivity contribution is 9.10. The fraction of sp³-hybridized carbons (Fsp3) is 0.100. The maximum Gasteiger partial charge on any atom is 0.230 e. The van der Waals surface area contributed by atoms with Crippen LogP contribution in [-0.4, -0.2) is 12.3 Å². The summed E-state index contributed by atoms with van der Waals surface area (Å²) < 4.78 is 36.4. The molecule has 0 unspecified atom stereocenters. The number of rotatable bonds is 2. The van der Waals surface area contributed by atoms with Gasteiger partial charge in [0.15, 0.2) is 11.6 Å². The minimum Gasteiger partial charge on any atom is -0.493 e. The summed E-state index contributed by atoms with van der Waals surface area (Å²) in [6.07, 6.45) is 1.26. The first-order valence-corrected chi connectivity index (χ1v) is 5.27. The average molecular weight is 305 g/mol. The summed E-state index contributed by atoms with van der Waals surface area (Å²) in [5.41, 5.74) is 5.91. The van der Waals surface area contributed by atoms with Crippen molar-refractivity contribution in [2.45, 2.75) is 0 Å². The Bertz CT molecular complexity index is 572. The molecule has 0 saturated heterocycles. The van der Waals surface area contributed by atoms with Crippen LogP contribution in [0.4, 0.5) is 14.7 Å². The molecule has 1 aromatic heterocycles. The number of hydrogen-bond donors (Lipinski definition) is 1. The SMILES string of the molecule is COc1c(-c2cnoc2N)cc(F)c(Br)c1F. The normalized spacial score (nSPS) is 10.6. The number of nitrogens with two attached hydrogens (primary N) is 1. The predicted molar refractivity (Wildman–Crippen MR) is 60.5 cm³/mol. The van der Waals surface area contributed by atoms with Gasteiger partial charge in [-0.3, -0.25) is 0 Å². The number of benzene rings is 1. The minimum atomic E-state index is -0.844. The Labute approximate surface area is 103 Å². The van der Waals surface area contributed by atoms with E-state index < -0.39 is 11.6 Å². The van der Waals surface area contributed by atoms with Gasteiger partial charge in [0, 0.05) is 5.56 Å². The van der Waals surface area contributed by atoms with E-state index in [1.807, 2.05) is 0 Å². The molecule has 0 bridgehead atoms. The van der Waals surface area contributed by atoms with Crippen molar-refractivity contribution in [1.82, 2.24) is 5.16 Å². The molecule has 2 rings (SSSR count). The molecule has 0 radical (unpaired) electrons. The maximum absolute atomic E-state index is 13.7. The van der Waals surface area contributed by atoms with E-state index in [1.54, 1.807) is 0 Å². The van der Waals surface area contributed by atoms with Crippen molar-refractivity contribution in [3.05, 3.63) is 28.4 Å². The molecule has 0 saturated carbocycles. The highest BCUT2D eigenvalue weighted by Crippen LogP contribution is 2.39. The van der Waals surface area contributed by atoms with Crippen LogP contribution in [-0.2, 0) is 0 Å². The van der Waals surface area contributed by atoms with Crippen LogP contribution in [0.2, 0.25) is 0 Å². The molecule has 0 aliphatic heterocycles. The van der Waals surface area contributed by atoms with Crippen LogP contribution in [0.3, 0.4) is 0 Å². The number of nitrogen functional groups attached to an aromatic ring is 1. The molecule has 0 aliphatic carbocycles. The van der Waals surface area contributed by atoms with Crippen LogP contribution in [0, 0.1) is 11.6 Å². The van der Waals surface area contributed by atoms with Crippen molar-refractivity contribution >= 4 is 21.8 Å². The maximum atomic E-state index is 13.7. The molecule has 90 valence electrons. The molecule has 4 nitrogen and oxygen atoms in total. The zero-order chi connectivity index (χ0) is 12.6. The molecule has 2 aromatic rings. The highest BCUT2D eigenvalue weighted by Gasteiger charge is 2.21. The van der Waals surface area contributed by atoms with E-state index in [4.69, 9.17) is 10.5 Å². The molecule has 7 heteroatoms. The Hall–Kier alpha value is -1.63. The monoisotopic (exact) mass is 304 g/mol. The van der Waals surface area contributed by atoms with Crippen molar-refractivity contribution in [3.8, 4) is 16.9 Å². The predicted octanol–water partition coefficient (Wildman–Crippen LogP) is 2.97. The van der Waals surface area contributed by atoms with Gasteiger partial charge in [-0.1, -0.05) is 5.16 Å². The number of aromatic nitrogens is 1. The molecular formula is C10H7BrF2N2O2. The first kappa shape index (κ1) is 11.8. The molecule has 0 spiro atoms. The van der Waals surface area contributed by atoms with Gasteiger partial charge in [-0.2, -0.15) is 0 Å². The van der Waals surface area contributed by atoms with E-state index in [9.17, 15) is 8.78 Å². The van der Waals surface area contributed by atoms with Crippen LogP contribution in [0.1, 0.15) is 0 Å². The fourth-order valence-electron chi connectivity index (χ4n) is 1.43. The van der Waals surface area contributed by atoms with Gasteiger partial charge in [0.05, 0.1) is 23.3 Å². The zero-order valence-electron chi connectivity index (χ0n) is 8.63.